The van der Waals surface area contributed by atoms with Gasteiger partial charge in [0.05, 0.1) is 6.07 Å². The summed E-state index contributed by atoms with van der Waals surface area (Å²) < 4.78 is 0. The third kappa shape index (κ3) is 2.03. The first-order chi connectivity index (χ1) is 8.49. The highest BCUT2D eigenvalue weighted by Gasteiger charge is 2.34. The van der Waals surface area contributed by atoms with Crippen LogP contribution in [0, 0.1) is 10.1 Å². The molecule has 0 unspecified atom stereocenters. The van der Waals surface area contributed by atoms with E-state index in [0.29, 0.717) is 5.06 Å². The lowest BCUT2D eigenvalue weighted by Gasteiger charge is -2.10. The zero-order chi connectivity index (χ0) is 13.3. The van der Waals surface area contributed by atoms with E-state index in [9.17, 15) is 24.5 Å². The second-order valence-electron chi connectivity index (χ2n) is 3.36. The summed E-state index contributed by atoms with van der Waals surface area (Å²) in [6.07, 6.45) is -0.0698. The fourth-order valence-corrected chi connectivity index (χ4v) is 1.30. The molecule has 0 bridgehead atoms. The van der Waals surface area contributed by atoms with Gasteiger partial charge in [0, 0.05) is 12.8 Å². The Hall–Kier alpha value is -2.78. The number of hydrogen-bond donors (Lipinski definition) is 1. The van der Waals surface area contributed by atoms with Gasteiger partial charge >= 0.3 is 11.8 Å². The number of amides is 2. The lowest BCUT2D eigenvalue weighted by Crippen LogP contribution is -2.32. The highest BCUT2D eigenvalue weighted by atomic mass is 16.7. The number of rotatable bonds is 3. The fourth-order valence-electron chi connectivity index (χ4n) is 1.30. The molecule has 1 fully saturated rings. The Morgan fingerprint density at radius 1 is 1.44 bits per heavy atom. The molecule has 0 atom stereocenters. The van der Waals surface area contributed by atoms with Crippen molar-refractivity contribution < 1.29 is 24.1 Å². The molecule has 0 saturated carbocycles. The second kappa shape index (κ2) is 4.24. The van der Waals surface area contributed by atoms with Crippen LogP contribution < -0.4 is 0 Å². The van der Waals surface area contributed by atoms with E-state index in [4.69, 9.17) is 0 Å². The predicted octanol–water partition coefficient (Wildman–Crippen LogP) is -0.461. The summed E-state index contributed by atoms with van der Waals surface area (Å²) in [6, 6.07) is 0.841. The Labute approximate surface area is 98.6 Å². The lowest BCUT2D eigenvalue weighted by atomic mass is 10.4. The molecule has 10 heteroatoms. The lowest BCUT2D eigenvalue weighted by molar-refractivity contribution is -0.389. The molecule has 0 aliphatic carbocycles. The monoisotopic (exact) mass is 254 g/mol. The average molecular weight is 254 g/mol. The minimum atomic E-state index is -1.12. The smallest absolute Gasteiger partial charge is 0.358 e. The van der Waals surface area contributed by atoms with Gasteiger partial charge in [-0.3, -0.25) is 9.59 Å². The van der Waals surface area contributed by atoms with Gasteiger partial charge < -0.3 is 15.0 Å². The van der Waals surface area contributed by atoms with Crippen LogP contribution in [0.1, 0.15) is 23.3 Å². The summed E-state index contributed by atoms with van der Waals surface area (Å²) in [4.78, 5) is 47.8. The number of carbonyl (C=O) groups is 3. The summed E-state index contributed by atoms with van der Waals surface area (Å²) in [5.41, 5.74) is -0.394. The van der Waals surface area contributed by atoms with E-state index in [1.807, 2.05) is 5.10 Å². The predicted molar refractivity (Wildman–Crippen MR) is 51.7 cm³/mol. The van der Waals surface area contributed by atoms with Gasteiger partial charge in [-0.1, -0.05) is 5.10 Å². The zero-order valence-corrected chi connectivity index (χ0v) is 8.78. The van der Waals surface area contributed by atoms with Gasteiger partial charge in [0.1, 0.15) is 0 Å². The molecule has 0 radical (unpaired) electrons. The molecule has 1 saturated heterocycles. The summed E-state index contributed by atoms with van der Waals surface area (Å²) in [6.45, 7) is 0. The standard InChI is InChI=1S/C8H6N4O6/c13-6-1-2-7(14)11(6)18-8(15)4-3-5(10-9-4)12(16)17/h3H,1-2H2,(H,9,10). The van der Waals surface area contributed by atoms with Gasteiger partial charge in [-0.2, -0.15) is 0 Å². The summed E-state index contributed by atoms with van der Waals surface area (Å²) in [7, 11) is 0. The first kappa shape index (κ1) is 11.7. The van der Waals surface area contributed by atoms with Crippen molar-refractivity contribution in [2.45, 2.75) is 12.8 Å². The molecule has 94 valence electrons. The summed E-state index contributed by atoms with van der Waals surface area (Å²) in [5, 5.41) is 16.0. The number of imide groups is 1. The normalized spacial score (nSPS) is 15.0. The molecular weight excluding hydrogens is 248 g/mol. The van der Waals surface area contributed by atoms with Crippen LogP contribution >= 0.6 is 0 Å². The Balaban J connectivity index is 2.09. The first-order valence-electron chi connectivity index (χ1n) is 4.77. The van der Waals surface area contributed by atoms with Crippen molar-refractivity contribution in [3.8, 4) is 0 Å². The molecule has 2 rings (SSSR count). The number of hydrogen-bond acceptors (Lipinski definition) is 7. The van der Waals surface area contributed by atoms with E-state index in [0.717, 1.165) is 6.07 Å². The van der Waals surface area contributed by atoms with E-state index in [1.165, 1.54) is 0 Å². The van der Waals surface area contributed by atoms with Gasteiger partial charge in [-0.25, -0.2) is 4.79 Å². The maximum atomic E-state index is 11.5. The Morgan fingerprint density at radius 3 is 2.56 bits per heavy atom. The van der Waals surface area contributed by atoms with Crippen LogP contribution in [0.4, 0.5) is 5.82 Å². The number of aromatic nitrogens is 2. The highest BCUT2D eigenvalue weighted by Crippen LogP contribution is 2.15. The minimum Gasteiger partial charge on any atom is -0.358 e. The third-order valence-corrected chi connectivity index (χ3v) is 2.15. The highest BCUT2D eigenvalue weighted by molar-refractivity contribution is 6.02. The molecule has 2 amide bonds. The van der Waals surface area contributed by atoms with Crippen LogP contribution in [-0.4, -0.2) is 38.0 Å². The van der Waals surface area contributed by atoms with Crippen LogP contribution in [0.5, 0.6) is 0 Å². The Morgan fingerprint density at radius 2 is 2.06 bits per heavy atom. The van der Waals surface area contributed by atoms with Crippen molar-refractivity contribution in [2.75, 3.05) is 0 Å². The molecule has 0 aromatic carbocycles. The van der Waals surface area contributed by atoms with Crippen LogP contribution in [0.25, 0.3) is 0 Å². The van der Waals surface area contributed by atoms with Crippen molar-refractivity contribution >= 4 is 23.6 Å². The third-order valence-electron chi connectivity index (χ3n) is 2.15. The molecule has 2 heterocycles. The van der Waals surface area contributed by atoms with E-state index in [-0.39, 0.29) is 12.8 Å². The minimum absolute atomic E-state index is 0.0349. The van der Waals surface area contributed by atoms with Gasteiger partial charge in [0.25, 0.3) is 11.8 Å². The Kier molecular flexibility index (Phi) is 2.75. The van der Waals surface area contributed by atoms with Crippen LogP contribution in [-0.2, 0) is 14.4 Å². The number of aromatic amines is 1. The fraction of sp³-hybridized carbons (Fsp3) is 0.250. The second-order valence-corrected chi connectivity index (χ2v) is 3.36. The molecule has 18 heavy (non-hydrogen) atoms. The number of nitrogens with one attached hydrogen (secondary N) is 1. The van der Waals surface area contributed by atoms with E-state index in [2.05, 4.69) is 9.94 Å². The van der Waals surface area contributed by atoms with Gasteiger partial charge in [-0.05, 0) is 4.92 Å². The molecule has 1 aromatic rings. The van der Waals surface area contributed by atoms with Crippen molar-refractivity contribution in [1.29, 1.82) is 0 Å². The number of carbonyl (C=O) groups excluding carboxylic acids is 3. The zero-order valence-electron chi connectivity index (χ0n) is 8.78. The van der Waals surface area contributed by atoms with Crippen molar-refractivity contribution in [2.24, 2.45) is 0 Å². The first-order valence-corrected chi connectivity index (χ1v) is 4.77. The van der Waals surface area contributed by atoms with Crippen molar-refractivity contribution in [1.82, 2.24) is 15.3 Å². The van der Waals surface area contributed by atoms with Crippen molar-refractivity contribution in [3.63, 3.8) is 0 Å². The number of nitro groups is 1. The van der Waals surface area contributed by atoms with E-state index < -0.39 is 34.2 Å². The molecule has 1 aliphatic heterocycles. The topological polar surface area (TPSA) is 136 Å². The molecule has 1 N–H and O–H groups in total. The van der Waals surface area contributed by atoms with E-state index in [1.54, 1.807) is 0 Å². The molecule has 1 aromatic heterocycles. The molecular formula is C8H6N4O6. The quantitative estimate of drug-likeness (QED) is 0.437. The van der Waals surface area contributed by atoms with Crippen molar-refractivity contribution in [3.05, 3.63) is 21.9 Å². The SMILES string of the molecule is O=C(ON1C(=O)CCC1=O)c1cc([N+](=O)[O-])[nH]n1. The maximum absolute atomic E-state index is 11.5. The number of nitrogens with zero attached hydrogens (tertiary/aromatic N) is 3. The summed E-state index contributed by atoms with van der Waals surface area (Å²) in [5.74, 6) is -2.90. The van der Waals surface area contributed by atoms with Crippen LogP contribution in [0.2, 0.25) is 0 Å². The molecule has 0 spiro atoms. The van der Waals surface area contributed by atoms with Gasteiger partial charge in [0.2, 0.25) is 5.69 Å². The number of hydroxylamine groups is 2. The molecule has 1 aliphatic rings. The van der Waals surface area contributed by atoms with Crippen LogP contribution in [0.3, 0.4) is 0 Å². The largest absolute Gasteiger partial charge is 0.386 e. The molecule has 10 nitrogen and oxygen atoms in total. The van der Waals surface area contributed by atoms with Gasteiger partial charge in [-0.15, -0.1) is 10.2 Å². The van der Waals surface area contributed by atoms with Gasteiger partial charge in [0.15, 0.2) is 0 Å². The van der Waals surface area contributed by atoms with Crippen LogP contribution in [0.15, 0.2) is 6.07 Å². The van der Waals surface area contributed by atoms with E-state index >= 15 is 0 Å². The maximum Gasteiger partial charge on any atom is 0.386 e. The summed E-state index contributed by atoms with van der Waals surface area (Å²) >= 11 is 0. The Bertz CT molecular complexity index is 534. The average Bonchev–Trinajstić information content (AvgIpc) is 2.91. The number of H-pyrrole nitrogens is 1.